The van der Waals surface area contributed by atoms with E-state index in [2.05, 4.69) is 10.2 Å². The fourth-order valence-electron chi connectivity index (χ4n) is 2.52. The Morgan fingerprint density at radius 2 is 1.81 bits per heavy atom. The number of nitrogens with zero attached hydrogens (tertiary/aromatic N) is 3. The van der Waals surface area contributed by atoms with Gasteiger partial charge < -0.3 is 9.30 Å². The van der Waals surface area contributed by atoms with Crippen LogP contribution in [0.3, 0.4) is 0 Å². The maximum absolute atomic E-state index is 12.5. The fraction of sp³-hybridized carbons (Fsp3) is 0.316. The predicted molar refractivity (Wildman–Crippen MR) is 112 cm³/mol. The van der Waals surface area contributed by atoms with Gasteiger partial charge >= 0.3 is 0 Å². The van der Waals surface area contributed by atoms with E-state index in [9.17, 15) is 4.79 Å². The van der Waals surface area contributed by atoms with E-state index < -0.39 is 0 Å². The van der Waals surface area contributed by atoms with Crippen LogP contribution in [0, 0.1) is 13.8 Å². The van der Waals surface area contributed by atoms with E-state index in [1.807, 2.05) is 55.8 Å². The first-order valence-electron chi connectivity index (χ1n) is 8.36. The average molecular weight is 420 g/mol. The summed E-state index contributed by atoms with van der Waals surface area (Å²) in [5.74, 6) is 2.18. The van der Waals surface area contributed by atoms with E-state index in [4.69, 9.17) is 4.74 Å². The van der Waals surface area contributed by atoms with E-state index >= 15 is 0 Å². The van der Waals surface area contributed by atoms with Crippen LogP contribution in [0.5, 0.6) is 5.75 Å². The van der Waals surface area contributed by atoms with Crippen molar-refractivity contribution in [2.75, 3.05) is 12.9 Å². The standard InChI is InChI=1S/C19H21N3O2S3/c1-12-9-16(13(2)22(12)3)17(23)11-26-19-21-20-18(27-19)25-10-14-5-7-15(24-4)8-6-14/h5-9H,10-11H2,1-4H3. The van der Waals surface area contributed by atoms with E-state index in [1.54, 1.807) is 18.9 Å². The lowest BCUT2D eigenvalue weighted by Crippen LogP contribution is -2.04. The average Bonchev–Trinajstić information content (AvgIpc) is 3.25. The summed E-state index contributed by atoms with van der Waals surface area (Å²) in [5.41, 5.74) is 4.09. The third-order valence-corrected chi connectivity index (χ3v) is 7.57. The van der Waals surface area contributed by atoms with Gasteiger partial charge in [-0.25, -0.2) is 0 Å². The first kappa shape index (κ1) is 20.0. The van der Waals surface area contributed by atoms with Gasteiger partial charge in [0, 0.05) is 29.8 Å². The van der Waals surface area contributed by atoms with Crippen LogP contribution in [-0.2, 0) is 12.8 Å². The van der Waals surface area contributed by atoms with E-state index in [1.165, 1.54) is 28.7 Å². The molecule has 0 N–H and O–H groups in total. The summed E-state index contributed by atoms with van der Waals surface area (Å²) < 4.78 is 8.94. The molecule has 0 saturated carbocycles. The molecule has 2 heterocycles. The van der Waals surface area contributed by atoms with Gasteiger partial charge in [0.2, 0.25) is 0 Å². The lowest BCUT2D eigenvalue weighted by molar-refractivity contribution is 0.102. The van der Waals surface area contributed by atoms with E-state index in [-0.39, 0.29) is 5.78 Å². The molecule has 0 bridgehead atoms. The number of hydrogen-bond donors (Lipinski definition) is 0. The van der Waals surface area contributed by atoms with Crippen LogP contribution in [0.2, 0.25) is 0 Å². The topological polar surface area (TPSA) is 57.0 Å². The number of Topliss-reactive ketones (excluding diaryl/α,β-unsaturated/α-hetero) is 1. The van der Waals surface area contributed by atoms with Gasteiger partial charge in [-0.05, 0) is 37.6 Å². The van der Waals surface area contributed by atoms with Crippen molar-refractivity contribution < 1.29 is 9.53 Å². The molecule has 0 fully saturated rings. The number of thioether (sulfide) groups is 2. The molecule has 27 heavy (non-hydrogen) atoms. The van der Waals surface area contributed by atoms with Crippen LogP contribution in [0.25, 0.3) is 0 Å². The Balaban J connectivity index is 1.52. The second-order valence-electron chi connectivity index (χ2n) is 6.03. The molecular formula is C19H21N3O2S3. The van der Waals surface area contributed by atoms with Crippen LogP contribution in [0.15, 0.2) is 39.0 Å². The molecule has 0 amide bonds. The number of carbonyl (C=O) groups excluding carboxylic acids is 1. The summed E-state index contributed by atoms with van der Waals surface area (Å²) in [6, 6.07) is 9.96. The maximum Gasteiger partial charge on any atom is 0.175 e. The van der Waals surface area contributed by atoms with Gasteiger partial charge in [-0.15, -0.1) is 10.2 Å². The van der Waals surface area contributed by atoms with Crippen molar-refractivity contribution in [2.45, 2.75) is 28.3 Å². The smallest absolute Gasteiger partial charge is 0.175 e. The van der Waals surface area contributed by atoms with Gasteiger partial charge in [0.1, 0.15) is 5.75 Å². The maximum atomic E-state index is 12.5. The van der Waals surface area contributed by atoms with Crippen LogP contribution in [-0.4, -0.2) is 33.4 Å². The molecule has 0 radical (unpaired) electrons. The zero-order chi connectivity index (χ0) is 19.4. The third-order valence-electron chi connectivity index (χ3n) is 4.31. The summed E-state index contributed by atoms with van der Waals surface area (Å²) in [7, 11) is 3.64. The summed E-state index contributed by atoms with van der Waals surface area (Å²) in [6.07, 6.45) is 0. The molecular weight excluding hydrogens is 398 g/mol. The number of aromatic nitrogens is 3. The van der Waals surface area contributed by atoms with Gasteiger partial charge in [0.15, 0.2) is 14.5 Å². The van der Waals surface area contributed by atoms with Crippen LogP contribution < -0.4 is 4.74 Å². The number of carbonyl (C=O) groups is 1. The zero-order valence-electron chi connectivity index (χ0n) is 15.7. The largest absolute Gasteiger partial charge is 0.497 e. The number of rotatable bonds is 8. The van der Waals surface area contributed by atoms with Gasteiger partial charge in [0.25, 0.3) is 0 Å². The molecule has 0 aliphatic heterocycles. The normalized spacial score (nSPS) is 11.0. The van der Waals surface area contributed by atoms with Crippen LogP contribution >= 0.6 is 34.9 Å². The van der Waals surface area contributed by atoms with Crippen molar-refractivity contribution in [3.05, 3.63) is 52.8 Å². The Morgan fingerprint density at radius 1 is 1.15 bits per heavy atom. The molecule has 8 heteroatoms. The molecule has 0 aliphatic carbocycles. The first-order valence-corrected chi connectivity index (χ1v) is 11.1. The summed E-state index contributed by atoms with van der Waals surface area (Å²) >= 11 is 4.63. The van der Waals surface area contributed by atoms with E-state index in [0.29, 0.717) is 5.75 Å². The molecule has 1 aromatic carbocycles. The minimum atomic E-state index is 0.129. The molecule has 0 saturated heterocycles. The monoisotopic (exact) mass is 419 g/mol. The van der Waals surface area contributed by atoms with Gasteiger partial charge in [0.05, 0.1) is 12.9 Å². The summed E-state index contributed by atoms with van der Waals surface area (Å²) in [6.45, 7) is 3.98. The summed E-state index contributed by atoms with van der Waals surface area (Å²) in [5, 5.41) is 8.42. The van der Waals surface area contributed by atoms with Crippen molar-refractivity contribution in [3.63, 3.8) is 0 Å². The predicted octanol–water partition coefficient (Wildman–Crippen LogP) is 4.77. The molecule has 3 rings (SSSR count). The molecule has 3 aromatic rings. The first-order chi connectivity index (χ1) is 13.0. The second kappa shape index (κ2) is 8.95. The number of ketones is 1. The van der Waals surface area contributed by atoms with Crippen molar-refractivity contribution in [2.24, 2.45) is 7.05 Å². The van der Waals surface area contributed by atoms with Crippen molar-refractivity contribution in [3.8, 4) is 5.75 Å². The molecule has 0 spiro atoms. The lowest BCUT2D eigenvalue weighted by Gasteiger charge is -2.01. The van der Waals surface area contributed by atoms with Crippen molar-refractivity contribution in [1.29, 1.82) is 0 Å². The summed E-state index contributed by atoms with van der Waals surface area (Å²) in [4.78, 5) is 12.5. The molecule has 2 aromatic heterocycles. The molecule has 5 nitrogen and oxygen atoms in total. The van der Waals surface area contributed by atoms with Gasteiger partial charge in [-0.2, -0.15) is 0 Å². The number of benzene rings is 1. The van der Waals surface area contributed by atoms with Crippen LogP contribution in [0.4, 0.5) is 0 Å². The molecule has 142 valence electrons. The SMILES string of the molecule is COc1ccc(CSc2nnc(SCC(=O)c3cc(C)n(C)c3C)s2)cc1. The molecule has 0 unspecified atom stereocenters. The third kappa shape index (κ3) is 4.94. The Labute approximate surface area is 171 Å². The van der Waals surface area contributed by atoms with Crippen molar-refractivity contribution >= 4 is 40.6 Å². The second-order valence-corrected chi connectivity index (χ2v) is 9.45. The van der Waals surface area contributed by atoms with Crippen LogP contribution in [0.1, 0.15) is 27.3 Å². The highest BCUT2D eigenvalue weighted by atomic mass is 32.2. The van der Waals surface area contributed by atoms with Crippen molar-refractivity contribution in [1.82, 2.24) is 14.8 Å². The van der Waals surface area contributed by atoms with Gasteiger partial charge in [-0.3, -0.25) is 4.79 Å². The zero-order valence-corrected chi connectivity index (χ0v) is 18.1. The quantitative estimate of drug-likeness (QED) is 0.387. The Morgan fingerprint density at radius 3 is 2.41 bits per heavy atom. The van der Waals surface area contributed by atoms with Gasteiger partial charge in [-0.1, -0.05) is 47.0 Å². The minimum absolute atomic E-state index is 0.129. The minimum Gasteiger partial charge on any atom is -0.497 e. The highest BCUT2D eigenvalue weighted by Crippen LogP contribution is 2.31. The lowest BCUT2D eigenvalue weighted by atomic mass is 10.2. The number of ether oxygens (including phenoxy) is 1. The highest BCUT2D eigenvalue weighted by Gasteiger charge is 2.15. The highest BCUT2D eigenvalue weighted by molar-refractivity contribution is 8.03. The molecule has 0 aliphatic rings. The Kier molecular flexibility index (Phi) is 6.62. The molecule has 0 atom stereocenters. The fourth-order valence-corrected chi connectivity index (χ4v) is 5.38. The Bertz CT molecular complexity index is 932. The number of hydrogen-bond acceptors (Lipinski definition) is 7. The van der Waals surface area contributed by atoms with E-state index in [0.717, 1.165) is 37.1 Å². The number of aryl methyl sites for hydroxylation is 1. The number of methoxy groups -OCH3 is 1. The Hall–Kier alpha value is -1.77.